The predicted octanol–water partition coefficient (Wildman–Crippen LogP) is 4.95. The first-order valence-electron chi connectivity index (χ1n) is 9.72. The molecule has 152 valence electrons. The number of nitrogens with zero attached hydrogens (tertiary/aromatic N) is 1. The van der Waals surface area contributed by atoms with Crippen LogP contribution in [0.1, 0.15) is 51.5 Å². The molecule has 0 unspecified atom stereocenters. The van der Waals surface area contributed by atoms with Crippen LogP contribution in [0.5, 0.6) is 0 Å². The number of rotatable bonds is 12. The highest BCUT2D eigenvalue weighted by Crippen LogP contribution is 2.15. The fraction of sp³-hybridized carbons (Fsp3) is 0.545. The van der Waals surface area contributed by atoms with Gasteiger partial charge in [0, 0.05) is 0 Å². The maximum Gasteiger partial charge on any atom is 0.264 e. The highest BCUT2D eigenvalue weighted by molar-refractivity contribution is 7.85. The minimum atomic E-state index is -3.83. The summed E-state index contributed by atoms with van der Waals surface area (Å²) in [5.41, 5.74) is 4.07. The largest absolute Gasteiger partial charge is 0.325 e. The zero-order valence-electron chi connectivity index (χ0n) is 17.3. The SMILES string of the molecule is C/C(=C\C[N+](C)(C)CCCCS(=O)(=O)O)CCC/C(C)=C/c1ccccc1. The van der Waals surface area contributed by atoms with E-state index in [4.69, 9.17) is 4.55 Å². The molecule has 1 aromatic rings. The van der Waals surface area contributed by atoms with Crippen molar-refractivity contribution in [3.05, 3.63) is 53.1 Å². The average Bonchev–Trinajstić information content (AvgIpc) is 2.57. The highest BCUT2D eigenvalue weighted by Gasteiger charge is 2.14. The van der Waals surface area contributed by atoms with Crippen molar-refractivity contribution < 1.29 is 17.5 Å². The number of hydrogen-bond donors (Lipinski definition) is 1. The maximum atomic E-state index is 10.8. The van der Waals surface area contributed by atoms with Crippen LogP contribution in [0.25, 0.3) is 6.08 Å². The van der Waals surface area contributed by atoms with Gasteiger partial charge in [0.05, 0.1) is 32.9 Å². The molecule has 0 aromatic heterocycles. The number of benzene rings is 1. The third kappa shape index (κ3) is 12.6. The van der Waals surface area contributed by atoms with E-state index in [9.17, 15) is 8.42 Å². The lowest BCUT2D eigenvalue weighted by Crippen LogP contribution is -2.40. The third-order valence-corrected chi connectivity index (χ3v) is 5.51. The zero-order chi connectivity index (χ0) is 20.3. The summed E-state index contributed by atoms with van der Waals surface area (Å²) in [6, 6.07) is 10.4. The van der Waals surface area contributed by atoms with E-state index >= 15 is 0 Å². The van der Waals surface area contributed by atoms with Crippen molar-refractivity contribution in [2.45, 2.75) is 46.0 Å². The standard InChI is InChI=1S/C22H35NO3S/c1-20(11-10-12-21(2)19-22-13-6-5-7-14-22)15-17-23(3,4)16-8-9-18-27(24,25)26/h5-7,13-15,19H,8-12,16-18H2,1-4H3/p+1/b20-15+,21-19+. The first-order valence-corrected chi connectivity index (χ1v) is 11.3. The highest BCUT2D eigenvalue weighted by atomic mass is 32.2. The molecule has 0 fully saturated rings. The first kappa shape index (κ1) is 23.6. The number of likely N-dealkylation sites (N-methyl/N-ethyl adjacent to an activating group) is 1. The summed E-state index contributed by atoms with van der Waals surface area (Å²) in [5.74, 6) is -0.141. The van der Waals surface area contributed by atoms with Gasteiger partial charge in [0.25, 0.3) is 10.1 Å². The van der Waals surface area contributed by atoms with Crippen LogP contribution in [-0.4, -0.2) is 50.4 Å². The van der Waals surface area contributed by atoms with Gasteiger partial charge in [-0.1, -0.05) is 47.6 Å². The second-order valence-corrected chi connectivity index (χ2v) is 9.71. The van der Waals surface area contributed by atoms with E-state index in [1.165, 1.54) is 16.7 Å². The van der Waals surface area contributed by atoms with Gasteiger partial charge >= 0.3 is 0 Å². The second-order valence-electron chi connectivity index (χ2n) is 8.14. The second kappa shape index (κ2) is 11.4. The van der Waals surface area contributed by atoms with E-state index in [2.05, 4.69) is 64.4 Å². The van der Waals surface area contributed by atoms with Gasteiger partial charge in [-0.15, -0.1) is 0 Å². The molecule has 4 nitrogen and oxygen atoms in total. The van der Waals surface area contributed by atoms with Crippen LogP contribution in [-0.2, 0) is 10.1 Å². The molecule has 0 saturated carbocycles. The van der Waals surface area contributed by atoms with E-state index < -0.39 is 10.1 Å². The lowest BCUT2D eigenvalue weighted by atomic mass is 10.0. The summed E-state index contributed by atoms with van der Waals surface area (Å²) in [6.45, 7) is 6.22. The Labute approximate surface area is 165 Å². The molecular formula is C22H36NO3S+. The van der Waals surface area contributed by atoms with Gasteiger partial charge in [0.15, 0.2) is 0 Å². The Morgan fingerprint density at radius 1 is 1.00 bits per heavy atom. The Hall–Kier alpha value is -1.43. The van der Waals surface area contributed by atoms with Gasteiger partial charge in [-0.05, 0) is 57.6 Å². The minimum Gasteiger partial charge on any atom is -0.325 e. The smallest absolute Gasteiger partial charge is 0.264 e. The van der Waals surface area contributed by atoms with E-state index in [0.29, 0.717) is 6.42 Å². The molecule has 0 spiro atoms. The summed E-state index contributed by atoms with van der Waals surface area (Å²) in [7, 11) is 0.485. The maximum absolute atomic E-state index is 10.8. The quantitative estimate of drug-likeness (QED) is 0.236. The van der Waals surface area contributed by atoms with E-state index in [1.807, 2.05) is 6.07 Å². The van der Waals surface area contributed by atoms with Crippen molar-refractivity contribution in [1.29, 1.82) is 0 Å². The molecule has 27 heavy (non-hydrogen) atoms. The average molecular weight is 395 g/mol. The molecule has 0 amide bonds. The summed E-state index contributed by atoms with van der Waals surface area (Å²) in [5, 5.41) is 0. The van der Waals surface area contributed by atoms with Crippen molar-refractivity contribution in [2.24, 2.45) is 0 Å². The molecule has 0 aliphatic carbocycles. The Bertz CT molecular complexity index is 719. The lowest BCUT2D eigenvalue weighted by molar-refractivity contribution is -0.884. The molecule has 0 aliphatic heterocycles. The predicted molar refractivity (Wildman–Crippen MR) is 115 cm³/mol. The molecule has 0 saturated heterocycles. The van der Waals surface area contributed by atoms with Gasteiger partial charge in [-0.3, -0.25) is 4.55 Å². The molecule has 0 bridgehead atoms. The molecule has 0 radical (unpaired) electrons. The van der Waals surface area contributed by atoms with Crippen LogP contribution in [0.4, 0.5) is 0 Å². The minimum absolute atomic E-state index is 0.141. The van der Waals surface area contributed by atoms with Crippen molar-refractivity contribution in [2.75, 3.05) is 32.9 Å². The summed E-state index contributed by atoms with van der Waals surface area (Å²) < 4.78 is 31.1. The lowest BCUT2D eigenvalue weighted by Gasteiger charge is -2.28. The van der Waals surface area contributed by atoms with Gasteiger partial charge in [0.2, 0.25) is 0 Å². The topological polar surface area (TPSA) is 54.4 Å². The van der Waals surface area contributed by atoms with Crippen LogP contribution in [0.2, 0.25) is 0 Å². The Balaban J connectivity index is 2.31. The molecule has 0 aliphatic rings. The van der Waals surface area contributed by atoms with Gasteiger partial charge < -0.3 is 4.48 Å². The zero-order valence-corrected chi connectivity index (χ0v) is 18.1. The van der Waals surface area contributed by atoms with Crippen molar-refractivity contribution in [3.8, 4) is 0 Å². The van der Waals surface area contributed by atoms with E-state index in [-0.39, 0.29) is 5.75 Å². The number of hydrogen-bond acceptors (Lipinski definition) is 2. The molecule has 1 rings (SSSR count). The Kier molecular flexibility index (Phi) is 9.99. The van der Waals surface area contributed by atoms with Gasteiger partial charge in [-0.25, -0.2) is 0 Å². The third-order valence-electron chi connectivity index (χ3n) is 4.70. The van der Waals surface area contributed by atoms with E-state index in [0.717, 1.165) is 43.3 Å². The van der Waals surface area contributed by atoms with Crippen molar-refractivity contribution in [1.82, 2.24) is 0 Å². The molecule has 1 aromatic carbocycles. The van der Waals surface area contributed by atoms with Gasteiger partial charge in [-0.2, -0.15) is 8.42 Å². The fourth-order valence-electron chi connectivity index (χ4n) is 2.97. The number of unbranched alkanes of at least 4 members (excludes halogenated alkanes) is 1. The summed E-state index contributed by atoms with van der Waals surface area (Å²) >= 11 is 0. The van der Waals surface area contributed by atoms with E-state index in [1.54, 1.807) is 0 Å². The monoisotopic (exact) mass is 394 g/mol. The molecule has 0 heterocycles. The van der Waals surface area contributed by atoms with Crippen molar-refractivity contribution in [3.63, 3.8) is 0 Å². The van der Waals surface area contributed by atoms with Crippen LogP contribution in [0.15, 0.2) is 47.6 Å². The normalized spacial score (nSPS) is 13.8. The number of allylic oxidation sites excluding steroid dienone is 2. The van der Waals surface area contributed by atoms with Crippen LogP contribution in [0.3, 0.4) is 0 Å². The van der Waals surface area contributed by atoms with Crippen LogP contribution in [0, 0.1) is 0 Å². The molecule has 0 atom stereocenters. The number of quaternary nitrogens is 1. The molecular weight excluding hydrogens is 358 g/mol. The van der Waals surface area contributed by atoms with Crippen molar-refractivity contribution >= 4 is 16.2 Å². The Morgan fingerprint density at radius 3 is 2.26 bits per heavy atom. The van der Waals surface area contributed by atoms with Gasteiger partial charge in [0.1, 0.15) is 0 Å². The summed E-state index contributed by atoms with van der Waals surface area (Å²) in [4.78, 5) is 0. The molecule has 1 N–H and O–H groups in total. The molecule has 5 heteroatoms. The Morgan fingerprint density at radius 2 is 1.63 bits per heavy atom. The van der Waals surface area contributed by atoms with Crippen LogP contribution < -0.4 is 0 Å². The summed E-state index contributed by atoms with van der Waals surface area (Å²) in [6.07, 6.45) is 9.22. The first-order chi connectivity index (χ1) is 12.6. The van der Waals surface area contributed by atoms with Crippen LogP contribution >= 0.6 is 0 Å². The fourth-order valence-corrected chi connectivity index (χ4v) is 3.54.